The van der Waals surface area contributed by atoms with Gasteiger partial charge in [-0.05, 0) is 70.4 Å². The summed E-state index contributed by atoms with van der Waals surface area (Å²) in [5.74, 6) is -0.0357. The van der Waals surface area contributed by atoms with Crippen molar-refractivity contribution in [3.05, 3.63) is 35.9 Å². The minimum Gasteiger partial charge on any atom is -0.372 e. The first-order chi connectivity index (χ1) is 16.7. The number of amides is 2. The number of nitrogens with zero attached hydrogens (tertiary/aromatic N) is 1. The summed E-state index contributed by atoms with van der Waals surface area (Å²) < 4.78 is 6.05. The van der Waals surface area contributed by atoms with Gasteiger partial charge in [-0.15, -0.1) is 0 Å². The summed E-state index contributed by atoms with van der Waals surface area (Å²) in [6.45, 7) is 8.17. The number of hydrogen-bond acceptors (Lipinski definition) is 6. The van der Waals surface area contributed by atoms with Crippen LogP contribution in [0.15, 0.2) is 30.3 Å². The number of likely N-dealkylation sites (tertiary alicyclic amines) is 1. The smallest absolute Gasteiger partial charge is 0.242 e. The maximum absolute atomic E-state index is 12.9. The average Bonchev–Trinajstić information content (AvgIpc) is 3.29. The Hall–Kier alpha value is -2.00. The standard InChI is InChI=1S/C26H45N5O3/c1-2-10-25(32)31-20-23(34-21-22-11-4-3-5-12-22)19-24(31)26(33)30-18-9-17-29-15-7-6-14-28-16-8-13-27/h3-5,11-12,23-24,28-29H,2,6-10,13-21,27H2,1H3,(H,30,33)/t23-,24+/m0/s1. The van der Waals surface area contributed by atoms with E-state index in [9.17, 15) is 9.59 Å². The van der Waals surface area contributed by atoms with Crippen molar-refractivity contribution in [3.63, 3.8) is 0 Å². The molecule has 1 heterocycles. The van der Waals surface area contributed by atoms with E-state index in [-0.39, 0.29) is 17.9 Å². The Morgan fingerprint density at radius 3 is 2.35 bits per heavy atom. The second kappa shape index (κ2) is 17.4. The van der Waals surface area contributed by atoms with Crippen LogP contribution in [0.1, 0.15) is 57.4 Å². The number of rotatable bonds is 18. The van der Waals surface area contributed by atoms with Crippen LogP contribution in [0.2, 0.25) is 0 Å². The Kier molecular flexibility index (Phi) is 14.5. The van der Waals surface area contributed by atoms with E-state index in [1.807, 2.05) is 37.3 Å². The first-order valence-electron chi connectivity index (χ1n) is 13.0. The molecule has 1 aliphatic heterocycles. The molecule has 2 atom stereocenters. The van der Waals surface area contributed by atoms with Crippen LogP contribution in [0.4, 0.5) is 0 Å². The zero-order valence-corrected chi connectivity index (χ0v) is 20.9. The summed E-state index contributed by atoms with van der Waals surface area (Å²) in [6.07, 6.45) is 5.82. The van der Waals surface area contributed by atoms with Crippen molar-refractivity contribution in [2.75, 3.05) is 45.8 Å². The van der Waals surface area contributed by atoms with Gasteiger partial charge in [0.25, 0.3) is 0 Å². The Bertz CT molecular complexity index is 688. The molecule has 1 aliphatic rings. The third-order valence-corrected chi connectivity index (χ3v) is 6.02. The molecule has 1 aromatic rings. The number of hydrogen-bond donors (Lipinski definition) is 4. The molecule has 2 amide bonds. The van der Waals surface area contributed by atoms with Crippen molar-refractivity contribution in [3.8, 4) is 0 Å². The van der Waals surface area contributed by atoms with Gasteiger partial charge in [0.15, 0.2) is 0 Å². The molecule has 34 heavy (non-hydrogen) atoms. The van der Waals surface area contributed by atoms with E-state index < -0.39 is 6.04 Å². The van der Waals surface area contributed by atoms with Gasteiger partial charge in [-0.1, -0.05) is 37.3 Å². The zero-order valence-electron chi connectivity index (χ0n) is 20.9. The van der Waals surface area contributed by atoms with E-state index in [1.165, 1.54) is 0 Å². The fourth-order valence-corrected chi connectivity index (χ4v) is 4.11. The lowest BCUT2D eigenvalue weighted by molar-refractivity contribution is -0.138. The molecule has 1 saturated heterocycles. The number of ether oxygens (including phenoxy) is 1. The summed E-state index contributed by atoms with van der Waals surface area (Å²) in [5, 5.41) is 9.84. The topological polar surface area (TPSA) is 109 Å². The first-order valence-corrected chi connectivity index (χ1v) is 13.0. The monoisotopic (exact) mass is 475 g/mol. The molecule has 1 aromatic carbocycles. The predicted molar refractivity (Wildman–Crippen MR) is 136 cm³/mol. The van der Waals surface area contributed by atoms with Crippen LogP contribution in [-0.2, 0) is 20.9 Å². The fourth-order valence-electron chi connectivity index (χ4n) is 4.11. The summed E-state index contributed by atoms with van der Waals surface area (Å²) in [7, 11) is 0. The van der Waals surface area contributed by atoms with E-state index in [0.717, 1.165) is 70.4 Å². The SMILES string of the molecule is CCCC(=O)N1C[C@@H](OCc2ccccc2)C[C@@H]1C(=O)NCCCNCCCCNCCCN. The lowest BCUT2D eigenvalue weighted by Gasteiger charge is -2.23. The molecule has 0 radical (unpaired) electrons. The number of nitrogens with two attached hydrogens (primary N) is 1. The minimum absolute atomic E-state index is 0.0349. The van der Waals surface area contributed by atoms with Crippen molar-refractivity contribution in [1.29, 1.82) is 0 Å². The maximum Gasteiger partial charge on any atom is 0.242 e. The second-order valence-corrected chi connectivity index (χ2v) is 8.96. The number of nitrogens with one attached hydrogen (secondary N) is 3. The van der Waals surface area contributed by atoms with Gasteiger partial charge in [0, 0.05) is 25.9 Å². The van der Waals surface area contributed by atoms with Gasteiger partial charge in [0.1, 0.15) is 6.04 Å². The molecule has 192 valence electrons. The van der Waals surface area contributed by atoms with Crippen LogP contribution >= 0.6 is 0 Å². The average molecular weight is 476 g/mol. The van der Waals surface area contributed by atoms with E-state index in [0.29, 0.717) is 32.5 Å². The fraction of sp³-hybridized carbons (Fsp3) is 0.692. The second-order valence-electron chi connectivity index (χ2n) is 8.96. The van der Waals surface area contributed by atoms with Gasteiger partial charge >= 0.3 is 0 Å². The van der Waals surface area contributed by atoms with E-state index in [2.05, 4.69) is 16.0 Å². The Morgan fingerprint density at radius 2 is 1.68 bits per heavy atom. The lowest BCUT2D eigenvalue weighted by Crippen LogP contribution is -2.46. The highest BCUT2D eigenvalue weighted by atomic mass is 16.5. The van der Waals surface area contributed by atoms with Crippen molar-refractivity contribution in [1.82, 2.24) is 20.9 Å². The highest BCUT2D eigenvalue weighted by molar-refractivity contribution is 5.88. The molecule has 0 saturated carbocycles. The van der Waals surface area contributed by atoms with Crippen LogP contribution in [0.25, 0.3) is 0 Å². The van der Waals surface area contributed by atoms with E-state index in [1.54, 1.807) is 4.90 Å². The molecular formula is C26H45N5O3. The van der Waals surface area contributed by atoms with Gasteiger partial charge in [-0.3, -0.25) is 9.59 Å². The lowest BCUT2D eigenvalue weighted by atomic mass is 10.1. The van der Waals surface area contributed by atoms with Crippen molar-refractivity contribution < 1.29 is 14.3 Å². The quantitative estimate of drug-likeness (QED) is 0.241. The van der Waals surface area contributed by atoms with Crippen molar-refractivity contribution in [2.45, 2.75) is 70.6 Å². The molecule has 1 fully saturated rings. The molecule has 2 rings (SSSR count). The van der Waals surface area contributed by atoms with Crippen LogP contribution in [0, 0.1) is 0 Å². The third kappa shape index (κ3) is 11.0. The molecule has 8 nitrogen and oxygen atoms in total. The number of unbranched alkanes of at least 4 members (excludes halogenated alkanes) is 1. The molecule has 0 bridgehead atoms. The highest BCUT2D eigenvalue weighted by Crippen LogP contribution is 2.23. The number of carbonyl (C=O) groups is 2. The molecule has 0 spiro atoms. The molecule has 5 N–H and O–H groups in total. The van der Waals surface area contributed by atoms with E-state index >= 15 is 0 Å². The first kappa shape index (κ1) is 28.2. The molecule has 0 aromatic heterocycles. The summed E-state index contributed by atoms with van der Waals surface area (Å²) in [6, 6.07) is 9.54. The van der Waals surface area contributed by atoms with Crippen molar-refractivity contribution >= 4 is 11.8 Å². The zero-order chi connectivity index (χ0) is 24.4. The van der Waals surface area contributed by atoms with Crippen molar-refractivity contribution in [2.24, 2.45) is 5.73 Å². The largest absolute Gasteiger partial charge is 0.372 e. The van der Waals surface area contributed by atoms with Gasteiger partial charge in [0.2, 0.25) is 11.8 Å². The summed E-state index contributed by atoms with van der Waals surface area (Å²) >= 11 is 0. The molecule has 0 aliphatic carbocycles. The Morgan fingerprint density at radius 1 is 1.00 bits per heavy atom. The normalized spacial score (nSPS) is 17.8. The maximum atomic E-state index is 12.9. The molecule has 8 heteroatoms. The van der Waals surface area contributed by atoms with Crippen LogP contribution < -0.4 is 21.7 Å². The van der Waals surface area contributed by atoms with Gasteiger partial charge in [0.05, 0.1) is 12.7 Å². The van der Waals surface area contributed by atoms with Crippen LogP contribution in [0.5, 0.6) is 0 Å². The van der Waals surface area contributed by atoms with Crippen LogP contribution in [0.3, 0.4) is 0 Å². The minimum atomic E-state index is -0.445. The van der Waals surface area contributed by atoms with Gasteiger partial charge < -0.3 is 31.3 Å². The summed E-state index contributed by atoms with van der Waals surface area (Å²) in [5.41, 5.74) is 6.57. The molecular weight excluding hydrogens is 430 g/mol. The highest BCUT2D eigenvalue weighted by Gasteiger charge is 2.39. The third-order valence-electron chi connectivity index (χ3n) is 6.02. The predicted octanol–water partition coefficient (Wildman–Crippen LogP) is 1.79. The Balaban J connectivity index is 1.64. The number of benzene rings is 1. The number of carbonyl (C=O) groups excluding carboxylic acids is 2. The van der Waals surface area contributed by atoms with E-state index in [4.69, 9.17) is 10.5 Å². The molecule has 0 unspecified atom stereocenters. The Labute approximate surface area is 205 Å². The van der Waals surface area contributed by atoms with Gasteiger partial charge in [-0.2, -0.15) is 0 Å². The van der Waals surface area contributed by atoms with Crippen LogP contribution in [-0.4, -0.2) is 74.7 Å². The van der Waals surface area contributed by atoms with Gasteiger partial charge in [-0.25, -0.2) is 0 Å². The summed E-state index contributed by atoms with van der Waals surface area (Å²) in [4.78, 5) is 27.2.